The number of ether oxygens (including phenoxy) is 1. The lowest BCUT2D eigenvalue weighted by Crippen LogP contribution is -2.52. The molecule has 0 aromatic rings. The van der Waals surface area contributed by atoms with Crippen LogP contribution in [0.1, 0.15) is 39.5 Å². The van der Waals surface area contributed by atoms with Crippen LogP contribution in [-0.2, 0) is 9.53 Å². The number of hydrogen-bond donors (Lipinski definition) is 0. The van der Waals surface area contributed by atoms with E-state index in [1.165, 1.54) is 12.8 Å². The molecule has 0 unspecified atom stereocenters. The van der Waals surface area contributed by atoms with E-state index in [1.54, 1.807) is 0 Å². The summed E-state index contributed by atoms with van der Waals surface area (Å²) in [6.45, 7) is 8.29. The summed E-state index contributed by atoms with van der Waals surface area (Å²) >= 11 is 0. The van der Waals surface area contributed by atoms with E-state index >= 15 is 0 Å². The van der Waals surface area contributed by atoms with Gasteiger partial charge < -0.3 is 9.64 Å². The number of carbonyl (C=O) groups is 2. The Morgan fingerprint density at radius 2 is 1.87 bits per heavy atom. The third-order valence-electron chi connectivity index (χ3n) is 6.76. The zero-order valence-corrected chi connectivity index (χ0v) is 14.3. The molecule has 0 radical (unpaired) electrons. The minimum absolute atomic E-state index is 0.142. The lowest BCUT2D eigenvalue weighted by Gasteiger charge is -2.49. The van der Waals surface area contributed by atoms with Crippen LogP contribution in [0.4, 0.5) is 4.79 Å². The van der Waals surface area contributed by atoms with E-state index in [1.807, 2.05) is 18.7 Å². The Balaban J connectivity index is 1.24. The van der Waals surface area contributed by atoms with Crippen molar-refractivity contribution >= 4 is 11.9 Å². The SMILES string of the molecule is CCOC(=O)N1CCC2(CC(N3C[C@@H]4C(C(=O)CC)[C@H]4C3)C2)C1. The van der Waals surface area contributed by atoms with Crippen molar-refractivity contribution in [3.8, 4) is 0 Å². The van der Waals surface area contributed by atoms with Gasteiger partial charge in [0.1, 0.15) is 5.78 Å². The summed E-state index contributed by atoms with van der Waals surface area (Å²) in [7, 11) is 0. The molecular weight excluding hydrogens is 292 g/mol. The number of ketones is 1. The van der Waals surface area contributed by atoms with E-state index in [9.17, 15) is 9.59 Å². The highest BCUT2D eigenvalue weighted by Gasteiger charge is 2.61. The highest BCUT2D eigenvalue weighted by atomic mass is 16.6. The van der Waals surface area contributed by atoms with Crippen LogP contribution in [0.5, 0.6) is 0 Å². The summed E-state index contributed by atoms with van der Waals surface area (Å²) in [5.41, 5.74) is 0.350. The lowest BCUT2D eigenvalue weighted by atomic mass is 9.64. The maximum Gasteiger partial charge on any atom is 0.409 e. The first-order chi connectivity index (χ1) is 11.1. The van der Waals surface area contributed by atoms with Crippen molar-refractivity contribution in [3.05, 3.63) is 0 Å². The Kier molecular flexibility index (Phi) is 3.67. The molecule has 0 aromatic carbocycles. The summed E-state index contributed by atoms with van der Waals surface area (Å²) in [5, 5.41) is 0. The van der Waals surface area contributed by atoms with Gasteiger partial charge in [0.15, 0.2) is 0 Å². The lowest BCUT2D eigenvalue weighted by molar-refractivity contribution is -0.121. The maximum atomic E-state index is 11.8. The molecule has 4 aliphatic rings. The Morgan fingerprint density at radius 3 is 2.48 bits per heavy atom. The maximum absolute atomic E-state index is 11.8. The predicted octanol–water partition coefficient (Wildman–Crippen LogP) is 2.15. The Bertz CT molecular complexity index is 502. The Hall–Kier alpha value is -1.10. The molecule has 2 aliphatic heterocycles. The smallest absolute Gasteiger partial charge is 0.409 e. The highest BCUT2D eigenvalue weighted by molar-refractivity contribution is 5.84. The van der Waals surface area contributed by atoms with Crippen LogP contribution in [0.3, 0.4) is 0 Å². The van der Waals surface area contributed by atoms with E-state index in [0.717, 1.165) is 32.6 Å². The normalized spacial score (nSPS) is 41.7. The van der Waals surface area contributed by atoms with Crippen molar-refractivity contribution in [1.82, 2.24) is 9.80 Å². The molecule has 128 valence electrons. The number of likely N-dealkylation sites (tertiary alicyclic amines) is 2. The monoisotopic (exact) mass is 320 g/mol. The molecule has 4 fully saturated rings. The standard InChI is InChI=1S/C18H28N2O3/c1-3-15(21)16-13-9-20(10-14(13)16)12-7-18(8-12)5-6-19(11-18)17(22)23-4-2/h12-14,16H,3-11H2,1-2H3/t12?,13-,14-,18?/m0/s1. The topological polar surface area (TPSA) is 49.9 Å². The van der Waals surface area contributed by atoms with Gasteiger partial charge in [-0.1, -0.05) is 6.92 Å². The first-order valence-corrected chi connectivity index (χ1v) is 9.25. The summed E-state index contributed by atoms with van der Waals surface area (Å²) in [6, 6.07) is 0.683. The van der Waals surface area contributed by atoms with Crippen molar-refractivity contribution in [2.45, 2.75) is 45.6 Å². The fraction of sp³-hybridized carbons (Fsp3) is 0.889. The number of fused-ring (bicyclic) bond motifs is 1. The van der Waals surface area contributed by atoms with Gasteiger partial charge in [-0.3, -0.25) is 9.69 Å². The zero-order valence-electron chi connectivity index (χ0n) is 14.3. The quantitative estimate of drug-likeness (QED) is 0.796. The van der Waals surface area contributed by atoms with E-state index in [2.05, 4.69) is 4.90 Å². The molecule has 2 atom stereocenters. The number of rotatable bonds is 4. The number of nitrogens with zero attached hydrogens (tertiary/aromatic N) is 2. The zero-order chi connectivity index (χ0) is 16.2. The van der Waals surface area contributed by atoms with E-state index in [4.69, 9.17) is 4.74 Å². The van der Waals surface area contributed by atoms with E-state index < -0.39 is 0 Å². The minimum atomic E-state index is -0.142. The summed E-state index contributed by atoms with van der Waals surface area (Å²) in [5.74, 6) is 2.17. The largest absolute Gasteiger partial charge is 0.450 e. The summed E-state index contributed by atoms with van der Waals surface area (Å²) in [6.07, 6.45) is 4.12. The van der Waals surface area contributed by atoms with Crippen LogP contribution < -0.4 is 0 Å². The molecule has 2 heterocycles. The molecular formula is C18H28N2O3. The van der Waals surface area contributed by atoms with Crippen molar-refractivity contribution in [2.75, 3.05) is 32.8 Å². The molecule has 5 heteroatoms. The fourth-order valence-electron chi connectivity index (χ4n) is 5.41. The van der Waals surface area contributed by atoms with Crippen LogP contribution in [0.2, 0.25) is 0 Å². The molecule has 23 heavy (non-hydrogen) atoms. The molecule has 1 amide bonds. The molecule has 2 saturated carbocycles. The van der Waals surface area contributed by atoms with E-state index in [0.29, 0.717) is 48.0 Å². The number of amides is 1. The average Bonchev–Trinajstić information content (AvgIpc) is 2.91. The molecule has 4 rings (SSSR count). The highest BCUT2D eigenvalue weighted by Crippen LogP contribution is 2.57. The van der Waals surface area contributed by atoms with Gasteiger partial charge in [-0.05, 0) is 43.4 Å². The first-order valence-electron chi connectivity index (χ1n) is 9.25. The van der Waals surface area contributed by atoms with Crippen LogP contribution in [-0.4, -0.2) is 60.5 Å². The van der Waals surface area contributed by atoms with Gasteiger partial charge in [0.05, 0.1) is 6.61 Å². The minimum Gasteiger partial charge on any atom is -0.450 e. The Labute approximate surface area is 138 Å². The van der Waals surface area contributed by atoms with Crippen LogP contribution in [0, 0.1) is 23.2 Å². The average molecular weight is 320 g/mol. The third kappa shape index (κ3) is 2.48. The summed E-state index contributed by atoms with van der Waals surface area (Å²) < 4.78 is 5.12. The van der Waals surface area contributed by atoms with Gasteiger partial charge in [0.2, 0.25) is 0 Å². The fourth-order valence-corrected chi connectivity index (χ4v) is 5.41. The third-order valence-corrected chi connectivity index (χ3v) is 6.76. The van der Waals surface area contributed by atoms with Gasteiger partial charge in [-0.2, -0.15) is 0 Å². The van der Waals surface area contributed by atoms with Gasteiger partial charge in [0.25, 0.3) is 0 Å². The number of Topliss-reactive ketones (excluding diaryl/α,β-unsaturated/α-hetero) is 1. The molecule has 2 saturated heterocycles. The second kappa shape index (κ2) is 5.47. The van der Waals surface area contributed by atoms with Crippen LogP contribution in [0.15, 0.2) is 0 Å². The second-order valence-electron chi connectivity index (χ2n) is 8.06. The van der Waals surface area contributed by atoms with Crippen molar-refractivity contribution < 1.29 is 14.3 Å². The van der Waals surface area contributed by atoms with Crippen LogP contribution in [0.25, 0.3) is 0 Å². The number of piperidine rings is 1. The number of hydrogen-bond acceptors (Lipinski definition) is 4. The van der Waals surface area contributed by atoms with Crippen molar-refractivity contribution in [3.63, 3.8) is 0 Å². The van der Waals surface area contributed by atoms with Crippen LogP contribution >= 0.6 is 0 Å². The van der Waals surface area contributed by atoms with Crippen molar-refractivity contribution in [1.29, 1.82) is 0 Å². The first kappa shape index (κ1) is 15.4. The predicted molar refractivity (Wildman–Crippen MR) is 86.0 cm³/mol. The van der Waals surface area contributed by atoms with Gasteiger partial charge in [-0.25, -0.2) is 4.79 Å². The summed E-state index contributed by atoms with van der Waals surface area (Å²) in [4.78, 5) is 28.2. The van der Waals surface area contributed by atoms with Gasteiger partial charge in [-0.15, -0.1) is 0 Å². The van der Waals surface area contributed by atoms with E-state index in [-0.39, 0.29) is 6.09 Å². The van der Waals surface area contributed by atoms with Gasteiger partial charge in [0, 0.05) is 44.6 Å². The molecule has 0 N–H and O–H groups in total. The molecule has 0 bridgehead atoms. The second-order valence-corrected chi connectivity index (χ2v) is 8.06. The molecule has 2 aliphatic carbocycles. The number of carbonyl (C=O) groups excluding carboxylic acids is 2. The Morgan fingerprint density at radius 1 is 1.17 bits per heavy atom. The molecule has 0 aromatic heterocycles. The molecule has 5 nitrogen and oxygen atoms in total. The molecule has 1 spiro atoms. The van der Waals surface area contributed by atoms with Gasteiger partial charge >= 0.3 is 6.09 Å². The van der Waals surface area contributed by atoms with Crippen molar-refractivity contribution in [2.24, 2.45) is 23.2 Å².